The second-order valence-corrected chi connectivity index (χ2v) is 13.1. The van der Waals surface area contributed by atoms with Gasteiger partial charge in [0.1, 0.15) is 18.2 Å². The average Bonchev–Trinajstić information content (AvgIpc) is 3.32. The maximum atomic E-state index is 13.8. The van der Waals surface area contributed by atoms with Gasteiger partial charge in [0.2, 0.25) is 11.8 Å². The van der Waals surface area contributed by atoms with E-state index in [2.05, 4.69) is 17.4 Å². The monoisotopic (exact) mass is 637 g/mol. The molecule has 3 rings (SSSR count). The third-order valence-corrected chi connectivity index (χ3v) is 9.77. The van der Waals surface area contributed by atoms with Crippen LogP contribution in [-0.2, 0) is 23.9 Å². The molecule has 46 heavy (non-hydrogen) atoms. The van der Waals surface area contributed by atoms with Gasteiger partial charge in [-0.2, -0.15) is 0 Å². The van der Waals surface area contributed by atoms with E-state index < -0.39 is 53.5 Å². The third-order valence-electron chi connectivity index (χ3n) is 9.77. The number of hydrogen-bond acceptors (Lipinski definition) is 7. The van der Waals surface area contributed by atoms with Crippen LogP contribution in [0.2, 0.25) is 0 Å². The van der Waals surface area contributed by atoms with Gasteiger partial charge in [-0.25, -0.2) is 4.79 Å². The lowest BCUT2D eigenvalue weighted by atomic mass is 9.76. The van der Waals surface area contributed by atoms with E-state index in [4.69, 9.17) is 9.47 Å². The number of carboxylic acids is 1. The van der Waals surface area contributed by atoms with Crippen molar-refractivity contribution in [1.29, 1.82) is 0 Å². The Morgan fingerprint density at radius 1 is 0.848 bits per heavy atom. The second-order valence-electron chi connectivity index (χ2n) is 13.1. The Labute approximate surface area is 273 Å². The number of aliphatic carboxylic acids is 1. The van der Waals surface area contributed by atoms with Crippen molar-refractivity contribution in [2.45, 2.75) is 84.5 Å². The Kier molecular flexibility index (Phi) is 12.1. The van der Waals surface area contributed by atoms with E-state index >= 15 is 0 Å². The van der Waals surface area contributed by atoms with Crippen molar-refractivity contribution >= 4 is 23.9 Å². The molecule has 5 atom stereocenters. The van der Waals surface area contributed by atoms with Crippen LogP contribution in [0.15, 0.2) is 48.5 Å². The maximum absolute atomic E-state index is 13.8. The number of methoxy groups -OCH3 is 1. The van der Waals surface area contributed by atoms with Gasteiger partial charge < -0.3 is 14.6 Å². The summed E-state index contributed by atoms with van der Waals surface area (Å²) in [6, 6.07) is 14.1. The molecule has 0 saturated heterocycles. The molecule has 0 aromatic heterocycles. The molecule has 1 aliphatic rings. The van der Waals surface area contributed by atoms with E-state index in [1.807, 2.05) is 50.2 Å². The number of benzene rings is 2. The van der Waals surface area contributed by atoms with Crippen molar-refractivity contribution < 1.29 is 33.8 Å². The zero-order chi connectivity index (χ0) is 34.5. The molecule has 2 aromatic rings. The van der Waals surface area contributed by atoms with Crippen molar-refractivity contribution in [3.05, 3.63) is 59.7 Å². The molecule has 0 heterocycles. The van der Waals surface area contributed by atoms with Crippen molar-refractivity contribution in [1.82, 2.24) is 15.1 Å². The van der Waals surface area contributed by atoms with Crippen molar-refractivity contribution in [2.75, 3.05) is 27.8 Å². The van der Waals surface area contributed by atoms with E-state index in [1.54, 1.807) is 41.7 Å². The normalized spacial score (nSPS) is 16.6. The number of rotatable bonds is 14. The quantitative estimate of drug-likeness (QED) is 0.282. The number of fused-ring (bicyclic) bond motifs is 3. The number of carbonyl (C=O) groups is 4. The van der Waals surface area contributed by atoms with Crippen LogP contribution in [0.25, 0.3) is 11.1 Å². The summed E-state index contributed by atoms with van der Waals surface area (Å²) in [5.41, 5.74) is 2.81. The summed E-state index contributed by atoms with van der Waals surface area (Å²) < 4.78 is 11.4. The van der Waals surface area contributed by atoms with E-state index in [0.29, 0.717) is 6.42 Å². The first-order valence-electron chi connectivity index (χ1n) is 16.1. The van der Waals surface area contributed by atoms with Gasteiger partial charge in [-0.05, 0) is 54.0 Å². The van der Waals surface area contributed by atoms with Crippen LogP contribution in [0.4, 0.5) is 4.79 Å². The molecule has 0 saturated carbocycles. The summed E-state index contributed by atoms with van der Waals surface area (Å²) >= 11 is 0. The molecular weight excluding hydrogens is 586 g/mol. The van der Waals surface area contributed by atoms with Crippen LogP contribution in [0.1, 0.15) is 71.9 Å². The summed E-state index contributed by atoms with van der Waals surface area (Å²) in [7, 11) is 4.52. The minimum atomic E-state index is -1.55. The topological polar surface area (TPSA) is 125 Å². The highest BCUT2D eigenvalue weighted by Crippen LogP contribution is 2.44. The van der Waals surface area contributed by atoms with Crippen molar-refractivity contribution in [3.63, 3.8) is 0 Å². The molecule has 10 nitrogen and oxygen atoms in total. The Hall–Kier alpha value is -3.76. The fraction of sp³-hybridized carbons (Fsp3) is 0.556. The van der Waals surface area contributed by atoms with Gasteiger partial charge in [-0.15, -0.1) is 0 Å². The molecule has 0 radical (unpaired) electrons. The van der Waals surface area contributed by atoms with Gasteiger partial charge in [0, 0.05) is 20.1 Å². The van der Waals surface area contributed by atoms with Crippen molar-refractivity contribution in [3.8, 4) is 11.1 Å². The summed E-state index contributed by atoms with van der Waals surface area (Å²) in [5, 5.41) is 13.1. The van der Waals surface area contributed by atoms with Crippen molar-refractivity contribution in [2.24, 2.45) is 17.8 Å². The first kappa shape index (κ1) is 36.7. The number of carbonyl (C=O) groups excluding carboxylic acids is 3. The Balaban J connectivity index is 1.81. The molecule has 1 aliphatic carbocycles. The Morgan fingerprint density at radius 3 is 1.76 bits per heavy atom. The highest BCUT2D eigenvalue weighted by molar-refractivity contribution is 6.01. The third kappa shape index (κ3) is 6.83. The maximum Gasteiger partial charge on any atom is 0.410 e. The Morgan fingerprint density at radius 2 is 1.33 bits per heavy atom. The molecule has 0 aliphatic heterocycles. The predicted octanol–water partition coefficient (Wildman–Crippen LogP) is 5.40. The predicted molar refractivity (Wildman–Crippen MR) is 177 cm³/mol. The molecule has 0 spiro atoms. The van der Waals surface area contributed by atoms with E-state index in [9.17, 15) is 24.3 Å². The van der Waals surface area contributed by atoms with E-state index in [1.165, 1.54) is 24.0 Å². The molecule has 3 amide bonds. The van der Waals surface area contributed by atoms with Gasteiger partial charge in [0.15, 0.2) is 0 Å². The van der Waals surface area contributed by atoms with Gasteiger partial charge in [-0.1, -0.05) is 96.5 Å². The molecule has 252 valence electrons. The molecule has 0 unspecified atom stereocenters. The number of nitrogens with zero attached hydrogens (tertiary/aromatic N) is 2. The highest BCUT2D eigenvalue weighted by Gasteiger charge is 2.55. The SMILES string of the molecule is CC[C@H](C)[C@@](C(=O)O)([C@@H](C)OC)N(C)[C@H](C(=O)NC(=O)[C@H](C(C)C)N(C)C(=O)OCC1c2ccccc2-c2ccccc21)C(C)C. The molecular formula is C36H51N3O7. The van der Waals surface area contributed by atoms with Crippen LogP contribution in [-0.4, -0.2) is 90.3 Å². The average molecular weight is 638 g/mol. The smallest absolute Gasteiger partial charge is 0.410 e. The number of ether oxygens (including phenoxy) is 2. The number of hydrogen-bond donors (Lipinski definition) is 2. The summed E-state index contributed by atoms with van der Waals surface area (Å²) in [5.74, 6) is -3.68. The number of imide groups is 1. The molecule has 2 aromatic carbocycles. The number of amides is 3. The molecule has 2 N–H and O–H groups in total. The minimum absolute atomic E-state index is 0.0906. The summed E-state index contributed by atoms with van der Waals surface area (Å²) in [6.07, 6.45) is -0.926. The van der Waals surface area contributed by atoms with E-state index in [-0.39, 0.29) is 24.4 Å². The summed E-state index contributed by atoms with van der Waals surface area (Å²) in [4.78, 5) is 56.6. The van der Waals surface area contributed by atoms with Crippen LogP contribution in [0.5, 0.6) is 0 Å². The number of likely N-dealkylation sites (N-methyl/N-ethyl adjacent to an activating group) is 2. The van der Waals surface area contributed by atoms with Crippen LogP contribution < -0.4 is 5.32 Å². The fourth-order valence-electron chi connectivity index (χ4n) is 7.22. The highest BCUT2D eigenvalue weighted by atomic mass is 16.6. The zero-order valence-corrected chi connectivity index (χ0v) is 28.9. The lowest BCUT2D eigenvalue weighted by Crippen LogP contribution is -2.69. The van der Waals surface area contributed by atoms with Crippen LogP contribution >= 0.6 is 0 Å². The van der Waals surface area contributed by atoms with Crippen LogP contribution in [0.3, 0.4) is 0 Å². The molecule has 10 heteroatoms. The first-order chi connectivity index (χ1) is 21.7. The Bertz CT molecular complexity index is 1350. The molecule has 0 fully saturated rings. The van der Waals surface area contributed by atoms with Gasteiger partial charge >= 0.3 is 12.1 Å². The standard InChI is InChI=1S/C36H51N3O7/c1-11-23(6)36(34(42)43,24(7)45-10)39(9)31(22(4)5)33(41)37-32(40)30(21(2)3)38(8)35(44)46-20-29-27-18-14-12-16-25(27)26-17-13-15-19-28(26)29/h12-19,21-24,29-31H,11,20H2,1-10H3,(H,42,43)(H,37,40,41)/t23-,24+,30-,31-,36-/m0/s1. The van der Waals surface area contributed by atoms with Gasteiger partial charge in [0.05, 0.1) is 12.1 Å². The first-order valence-corrected chi connectivity index (χ1v) is 16.1. The number of carboxylic acid groups (broad SMARTS) is 1. The second kappa shape index (κ2) is 15.2. The van der Waals surface area contributed by atoms with Gasteiger partial charge in [0.25, 0.3) is 0 Å². The lowest BCUT2D eigenvalue weighted by molar-refractivity contribution is -0.173. The molecule has 0 bridgehead atoms. The van der Waals surface area contributed by atoms with Crippen LogP contribution in [0, 0.1) is 17.8 Å². The lowest BCUT2D eigenvalue weighted by Gasteiger charge is -2.49. The number of nitrogens with one attached hydrogen (secondary N) is 1. The largest absolute Gasteiger partial charge is 0.480 e. The fourth-order valence-corrected chi connectivity index (χ4v) is 7.22. The zero-order valence-electron chi connectivity index (χ0n) is 28.9. The summed E-state index contributed by atoms with van der Waals surface area (Å²) in [6.45, 7) is 12.6. The minimum Gasteiger partial charge on any atom is -0.480 e. The van der Waals surface area contributed by atoms with E-state index in [0.717, 1.165) is 22.3 Å². The van der Waals surface area contributed by atoms with Gasteiger partial charge in [-0.3, -0.25) is 29.5 Å².